The Hall–Kier alpha value is -1.90. The predicted octanol–water partition coefficient (Wildman–Crippen LogP) is 0.209. The number of nitrogens with one attached hydrogen (secondary N) is 2. The first-order valence-electron chi connectivity index (χ1n) is 10.9. The SMILES string of the molecule is NOCC(=O)NCCOCCOCCOCCNC(=O)OCC1[C@H]2CCC#CCC[C@@H]12. The fourth-order valence-electron chi connectivity index (χ4n) is 3.66. The van der Waals surface area contributed by atoms with Gasteiger partial charge in [-0.25, -0.2) is 10.7 Å². The first kappa shape index (κ1) is 25.4. The molecule has 3 atom stereocenters. The second-order valence-corrected chi connectivity index (χ2v) is 7.45. The summed E-state index contributed by atoms with van der Waals surface area (Å²) in [7, 11) is 0. The first-order valence-corrected chi connectivity index (χ1v) is 10.9. The van der Waals surface area contributed by atoms with Crippen LogP contribution in [0.2, 0.25) is 0 Å². The van der Waals surface area contributed by atoms with E-state index in [1.165, 1.54) is 0 Å². The molecule has 4 N–H and O–H groups in total. The van der Waals surface area contributed by atoms with E-state index < -0.39 is 0 Å². The van der Waals surface area contributed by atoms with Crippen molar-refractivity contribution in [3.63, 3.8) is 0 Å². The lowest BCUT2D eigenvalue weighted by Crippen LogP contribution is -2.31. The van der Waals surface area contributed by atoms with Crippen molar-refractivity contribution < 1.29 is 33.4 Å². The molecule has 176 valence electrons. The minimum absolute atomic E-state index is 0.169. The van der Waals surface area contributed by atoms with Crippen molar-refractivity contribution in [3.05, 3.63) is 0 Å². The Labute approximate surface area is 183 Å². The van der Waals surface area contributed by atoms with Crippen LogP contribution in [0.25, 0.3) is 0 Å². The summed E-state index contributed by atoms with van der Waals surface area (Å²) in [4.78, 5) is 27.0. The van der Waals surface area contributed by atoms with E-state index in [1.807, 2.05) is 0 Å². The highest BCUT2D eigenvalue weighted by atomic mass is 16.6. The largest absolute Gasteiger partial charge is 0.449 e. The number of fused-ring (bicyclic) bond motifs is 1. The van der Waals surface area contributed by atoms with Gasteiger partial charge in [0.25, 0.3) is 0 Å². The van der Waals surface area contributed by atoms with E-state index in [1.54, 1.807) is 0 Å². The van der Waals surface area contributed by atoms with Crippen LogP contribution in [0.4, 0.5) is 4.79 Å². The number of hydrogen-bond donors (Lipinski definition) is 3. The molecule has 0 aliphatic heterocycles. The quantitative estimate of drug-likeness (QED) is 0.176. The molecule has 10 heteroatoms. The summed E-state index contributed by atoms with van der Waals surface area (Å²) in [6.45, 7) is 3.61. The van der Waals surface area contributed by atoms with E-state index in [4.69, 9.17) is 24.8 Å². The highest BCUT2D eigenvalue weighted by Crippen LogP contribution is 2.52. The number of alkyl carbamates (subject to hydrolysis) is 1. The Balaban J connectivity index is 1.30. The smallest absolute Gasteiger partial charge is 0.407 e. The zero-order valence-electron chi connectivity index (χ0n) is 18.1. The van der Waals surface area contributed by atoms with Gasteiger partial charge in [0.1, 0.15) is 6.61 Å². The molecule has 0 saturated heterocycles. The average Bonchev–Trinajstić information content (AvgIpc) is 3.39. The van der Waals surface area contributed by atoms with Crippen LogP contribution in [0.5, 0.6) is 0 Å². The molecule has 0 heterocycles. The molecule has 1 unspecified atom stereocenters. The molecule has 0 bridgehead atoms. The standard InChI is InChI=1S/C21H35N3O7/c22-31-16-20(25)23-7-9-27-11-13-29-14-12-28-10-8-24-21(26)30-15-19-17-5-3-1-2-4-6-18(17)19/h17-19H,3-16,22H2,(H,23,25)(H,24,26)/t17-,18+,19?. The van der Waals surface area contributed by atoms with Crippen LogP contribution in [0.3, 0.4) is 0 Å². The summed E-state index contributed by atoms with van der Waals surface area (Å²) in [5.74, 6) is 12.7. The molecule has 31 heavy (non-hydrogen) atoms. The Morgan fingerprint density at radius 3 is 1.97 bits per heavy atom. The van der Waals surface area contributed by atoms with Crippen molar-refractivity contribution in [2.75, 3.05) is 65.9 Å². The maximum Gasteiger partial charge on any atom is 0.407 e. The zero-order chi connectivity index (χ0) is 22.2. The van der Waals surface area contributed by atoms with Crippen molar-refractivity contribution in [1.82, 2.24) is 10.6 Å². The zero-order valence-corrected chi connectivity index (χ0v) is 18.1. The number of carbonyl (C=O) groups is 2. The van der Waals surface area contributed by atoms with Crippen molar-refractivity contribution in [1.29, 1.82) is 0 Å². The molecule has 0 radical (unpaired) electrons. The van der Waals surface area contributed by atoms with E-state index in [0.29, 0.717) is 77.1 Å². The van der Waals surface area contributed by atoms with Gasteiger partial charge in [0.2, 0.25) is 5.91 Å². The number of nitrogens with two attached hydrogens (primary N) is 1. The van der Waals surface area contributed by atoms with E-state index >= 15 is 0 Å². The molecule has 2 rings (SSSR count). The monoisotopic (exact) mass is 441 g/mol. The maximum atomic E-state index is 11.8. The van der Waals surface area contributed by atoms with Crippen molar-refractivity contribution in [2.24, 2.45) is 23.7 Å². The molecule has 0 aromatic carbocycles. The highest BCUT2D eigenvalue weighted by molar-refractivity contribution is 5.77. The van der Waals surface area contributed by atoms with E-state index in [2.05, 4.69) is 27.3 Å². The van der Waals surface area contributed by atoms with Gasteiger partial charge in [0.15, 0.2) is 0 Å². The summed E-state index contributed by atoms with van der Waals surface area (Å²) in [6.07, 6.45) is 3.78. The first-order chi connectivity index (χ1) is 15.2. The number of hydrogen-bond acceptors (Lipinski definition) is 8. The average molecular weight is 442 g/mol. The van der Waals surface area contributed by atoms with Crippen molar-refractivity contribution >= 4 is 12.0 Å². The second-order valence-electron chi connectivity index (χ2n) is 7.45. The van der Waals surface area contributed by atoms with Gasteiger partial charge in [0.05, 0.1) is 46.2 Å². The Kier molecular flexibility index (Phi) is 13.0. The van der Waals surface area contributed by atoms with Gasteiger partial charge >= 0.3 is 6.09 Å². The van der Waals surface area contributed by atoms with Crippen LogP contribution in [-0.2, 0) is 28.6 Å². The fourth-order valence-corrected chi connectivity index (χ4v) is 3.66. The molecule has 1 saturated carbocycles. The van der Waals surface area contributed by atoms with Gasteiger partial charge in [-0.05, 0) is 30.6 Å². The molecular weight excluding hydrogens is 406 g/mol. The predicted molar refractivity (Wildman–Crippen MR) is 112 cm³/mol. The number of ether oxygens (including phenoxy) is 4. The lowest BCUT2D eigenvalue weighted by molar-refractivity contribution is -0.126. The van der Waals surface area contributed by atoms with Gasteiger partial charge in [-0.3, -0.25) is 9.63 Å². The molecular formula is C21H35N3O7. The van der Waals surface area contributed by atoms with Crippen LogP contribution in [0.1, 0.15) is 25.7 Å². The van der Waals surface area contributed by atoms with Crippen LogP contribution in [-0.4, -0.2) is 77.9 Å². The Bertz CT molecular complexity index is 575. The molecule has 1 fully saturated rings. The lowest BCUT2D eigenvalue weighted by Gasteiger charge is -2.09. The summed E-state index contributed by atoms with van der Waals surface area (Å²) in [5.41, 5.74) is 0. The van der Waals surface area contributed by atoms with Crippen LogP contribution in [0.15, 0.2) is 0 Å². The molecule has 0 spiro atoms. The van der Waals surface area contributed by atoms with Gasteiger partial charge in [-0.2, -0.15) is 0 Å². The number of carbonyl (C=O) groups excluding carboxylic acids is 2. The molecule has 2 amide bonds. The molecule has 2 aliphatic rings. The third kappa shape index (κ3) is 11.3. The summed E-state index contributed by atoms with van der Waals surface area (Å²) >= 11 is 0. The second kappa shape index (κ2) is 15.8. The normalized spacial score (nSPS) is 21.6. The van der Waals surface area contributed by atoms with Gasteiger partial charge in [0, 0.05) is 25.9 Å². The molecule has 0 aromatic heterocycles. The summed E-state index contributed by atoms with van der Waals surface area (Å²) in [6, 6.07) is 0. The van der Waals surface area contributed by atoms with Gasteiger partial charge in [-0.15, -0.1) is 11.8 Å². The molecule has 0 aromatic rings. The van der Waals surface area contributed by atoms with E-state index in [0.717, 1.165) is 25.7 Å². The number of amides is 2. The minimum Gasteiger partial charge on any atom is -0.449 e. The summed E-state index contributed by atoms with van der Waals surface area (Å²) in [5, 5.41) is 5.28. The van der Waals surface area contributed by atoms with Crippen molar-refractivity contribution in [2.45, 2.75) is 25.7 Å². The highest BCUT2D eigenvalue weighted by Gasteiger charge is 2.49. The van der Waals surface area contributed by atoms with E-state index in [9.17, 15) is 9.59 Å². The van der Waals surface area contributed by atoms with E-state index in [-0.39, 0.29) is 18.6 Å². The number of rotatable bonds is 16. The Morgan fingerprint density at radius 1 is 0.839 bits per heavy atom. The van der Waals surface area contributed by atoms with Crippen LogP contribution >= 0.6 is 0 Å². The summed E-state index contributed by atoms with van der Waals surface area (Å²) < 4.78 is 21.4. The van der Waals surface area contributed by atoms with Crippen molar-refractivity contribution in [3.8, 4) is 11.8 Å². The maximum absolute atomic E-state index is 11.8. The van der Waals surface area contributed by atoms with Gasteiger partial charge < -0.3 is 29.6 Å². The topological polar surface area (TPSA) is 130 Å². The third-order valence-corrected chi connectivity index (χ3v) is 5.29. The third-order valence-electron chi connectivity index (χ3n) is 5.29. The van der Waals surface area contributed by atoms with Crippen LogP contribution < -0.4 is 16.5 Å². The van der Waals surface area contributed by atoms with Gasteiger partial charge in [-0.1, -0.05) is 0 Å². The molecule has 2 aliphatic carbocycles. The fraction of sp³-hybridized carbons (Fsp3) is 0.810. The minimum atomic E-state index is -0.390. The lowest BCUT2D eigenvalue weighted by atomic mass is 10.1. The van der Waals surface area contributed by atoms with Crippen LogP contribution in [0, 0.1) is 29.6 Å². The Morgan fingerprint density at radius 2 is 1.39 bits per heavy atom. The molecule has 10 nitrogen and oxygen atoms in total.